The summed E-state index contributed by atoms with van der Waals surface area (Å²) in [5.74, 6) is 0. The van der Waals surface area contributed by atoms with Crippen molar-refractivity contribution < 1.29 is 4.74 Å². The van der Waals surface area contributed by atoms with E-state index in [0.717, 1.165) is 11.6 Å². The van der Waals surface area contributed by atoms with Gasteiger partial charge in [-0.25, -0.2) is 4.98 Å². The van der Waals surface area contributed by atoms with Crippen LogP contribution in [0.1, 0.15) is 55.2 Å². The summed E-state index contributed by atoms with van der Waals surface area (Å²) in [5, 5.41) is 4.63. The van der Waals surface area contributed by atoms with E-state index in [4.69, 9.17) is 9.72 Å². The van der Waals surface area contributed by atoms with Gasteiger partial charge in [-0.2, -0.15) is 0 Å². The van der Waals surface area contributed by atoms with Crippen molar-refractivity contribution in [3.8, 4) is 0 Å². The molecule has 17 heavy (non-hydrogen) atoms. The molecule has 0 spiro atoms. The molecular weight excluding hydrogens is 232 g/mol. The Bertz CT molecular complexity index is 387. The van der Waals surface area contributed by atoms with Crippen LogP contribution in [-0.2, 0) is 16.8 Å². The zero-order chi connectivity index (χ0) is 12.5. The second-order valence-corrected chi connectivity index (χ2v) is 6.13. The second kappa shape index (κ2) is 5.04. The Morgan fingerprint density at radius 2 is 2.29 bits per heavy atom. The fourth-order valence-corrected chi connectivity index (χ4v) is 3.45. The lowest BCUT2D eigenvalue weighted by molar-refractivity contribution is 0.0188. The lowest BCUT2D eigenvalue weighted by atomic mass is 9.97. The van der Waals surface area contributed by atoms with Gasteiger partial charge in [-0.15, -0.1) is 11.3 Å². The van der Waals surface area contributed by atoms with Gasteiger partial charge in [-0.1, -0.05) is 6.92 Å². The average molecular weight is 254 g/mol. The third-order valence-corrected chi connectivity index (χ3v) is 4.87. The van der Waals surface area contributed by atoms with Crippen molar-refractivity contribution in [1.29, 1.82) is 0 Å². The Balaban J connectivity index is 2.30. The highest BCUT2D eigenvalue weighted by Crippen LogP contribution is 2.37. The molecule has 0 bridgehead atoms. The third kappa shape index (κ3) is 2.54. The predicted molar refractivity (Wildman–Crippen MR) is 71.5 cm³/mol. The first-order valence-corrected chi connectivity index (χ1v) is 7.18. The van der Waals surface area contributed by atoms with Gasteiger partial charge in [0.1, 0.15) is 10.6 Å². The lowest BCUT2D eigenvalue weighted by Gasteiger charge is -2.21. The minimum absolute atomic E-state index is 0.265. The average Bonchev–Trinajstić information content (AvgIpc) is 2.75. The molecule has 0 amide bonds. The first kappa shape index (κ1) is 13.0. The SMILES string of the molecule is CCNC1CCCc2sc(C(C)(C)OC)nc21. The highest BCUT2D eigenvalue weighted by atomic mass is 32.1. The quantitative estimate of drug-likeness (QED) is 0.897. The third-order valence-electron chi connectivity index (χ3n) is 3.43. The summed E-state index contributed by atoms with van der Waals surface area (Å²) in [5.41, 5.74) is 1.00. The number of nitrogens with zero attached hydrogens (tertiary/aromatic N) is 1. The first-order chi connectivity index (χ1) is 8.08. The van der Waals surface area contributed by atoms with Crippen molar-refractivity contribution in [2.45, 2.75) is 51.7 Å². The molecule has 1 aromatic rings. The van der Waals surface area contributed by atoms with E-state index in [9.17, 15) is 0 Å². The van der Waals surface area contributed by atoms with Crippen molar-refractivity contribution in [1.82, 2.24) is 10.3 Å². The number of rotatable bonds is 4. The summed E-state index contributed by atoms with van der Waals surface area (Å²) in [6.07, 6.45) is 3.64. The van der Waals surface area contributed by atoms with Crippen LogP contribution < -0.4 is 5.32 Å². The molecule has 4 heteroatoms. The normalized spacial score (nSPS) is 20.4. The van der Waals surface area contributed by atoms with Crippen LogP contribution in [0.5, 0.6) is 0 Å². The molecule has 0 fully saturated rings. The summed E-state index contributed by atoms with van der Waals surface area (Å²) in [6.45, 7) is 7.32. The molecule has 1 N–H and O–H groups in total. The van der Waals surface area contributed by atoms with Gasteiger partial charge in [-0.05, 0) is 39.7 Å². The highest BCUT2D eigenvalue weighted by molar-refractivity contribution is 7.11. The van der Waals surface area contributed by atoms with Crippen molar-refractivity contribution in [2.24, 2.45) is 0 Å². The molecule has 96 valence electrons. The summed E-state index contributed by atoms with van der Waals surface area (Å²) >= 11 is 1.82. The van der Waals surface area contributed by atoms with Gasteiger partial charge in [0.15, 0.2) is 0 Å². The number of thiazole rings is 1. The topological polar surface area (TPSA) is 34.1 Å². The Labute approximate surface area is 108 Å². The summed E-state index contributed by atoms with van der Waals surface area (Å²) in [7, 11) is 1.75. The number of aromatic nitrogens is 1. The summed E-state index contributed by atoms with van der Waals surface area (Å²) < 4.78 is 5.52. The summed E-state index contributed by atoms with van der Waals surface area (Å²) in [6, 6.07) is 0.446. The molecule has 1 heterocycles. The van der Waals surface area contributed by atoms with Crippen LogP contribution in [0, 0.1) is 0 Å². The zero-order valence-corrected chi connectivity index (χ0v) is 12.0. The van der Waals surface area contributed by atoms with Gasteiger partial charge in [0.2, 0.25) is 0 Å². The molecule has 0 radical (unpaired) electrons. The Hall–Kier alpha value is -0.450. The van der Waals surface area contributed by atoms with Crippen LogP contribution in [0.3, 0.4) is 0 Å². The van der Waals surface area contributed by atoms with E-state index in [-0.39, 0.29) is 5.60 Å². The molecule has 0 aliphatic heterocycles. The van der Waals surface area contributed by atoms with Crippen LogP contribution >= 0.6 is 11.3 Å². The van der Waals surface area contributed by atoms with Crippen molar-refractivity contribution >= 4 is 11.3 Å². The van der Waals surface area contributed by atoms with Crippen molar-refractivity contribution in [3.63, 3.8) is 0 Å². The molecule has 1 atom stereocenters. The number of ether oxygens (including phenoxy) is 1. The molecule has 1 aliphatic rings. The minimum Gasteiger partial charge on any atom is -0.372 e. The largest absolute Gasteiger partial charge is 0.372 e. The monoisotopic (exact) mass is 254 g/mol. The maximum Gasteiger partial charge on any atom is 0.125 e. The Kier molecular flexibility index (Phi) is 3.85. The van der Waals surface area contributed by atoms with E-state index < -0.39 is 0 Å². The maximum atomic E-state index is 5.52. The van der Waals surface area contributed by atoms with Gasteiger partial charge in [-0.3, -0.25) is 0 Å². The first-order valence-electron chi connectivity index (χ1n) is 6.37. The minimum atomic E-state index is -0.265. The van der Waals surface area contributed by atoms with E-state index >= 15 is 0 Å². The summed E-state index contributed by atoms with van der Waals surface area (Å²) in [4.78, 5) is 6.27. The van der Waals surface area contributed by atoms with E-state index in [0.29, 0.717) is 6.04 Å². The molecule has 0 saturated heterocycles. The van der Waals surface area contributed by atoms with E-state index in [1.165, 1.54) is 29.8 Å². The fourth-order valence-electron chi connectivity index (χ4n) is 2.21. The van der Waals surface area contributed by atoms with E-state index in [1.54, 1.807) is 7.11 Å². The molecule has 1 unspecified atom stereocenters. The molecule has 0 aromatic carbocycles. The fraction of sp³-hybridized carbons (Fsp3) is 0.769. The van der Waals surface area contributed by atoms with Crippen LogP contribution in [0.25, 0.3) is 0 Å². The van der Waals surface area contributed by atoms with Crippen LogP contribution in [0.15, 0.2) is 0 Å². The van der Waals surface area contributed by atoms with Crippen molar-refractivity contribution in [2.75, 3.05) is 13.7 Å². The molecular formula is C13H22N2OS. The number of nitrogens with one attached hydrogen (secondary N) is 1. The highest BCUT2D eigenvalue weighted by Gasteiger charge is 2.30. The lowest BCUT2D eigenvalue weighted by Crippen LogP contribution is -2.25. The van der Waals surface area contributed by atoms with Crippen LogP contribution in [0.2, 0.25) is 0 Å². The molecule has 2 rings (SSSR count). The van der Waals surface area contributed by atoms with Gasteiger partial charge >= 0.3 is 0 Å². The molecule has 1 aromatic heterocycles. The maximum absolute atomic E-state index is 5.52. The zero-order valence-electron chi connectivity index (χ0n) is 11.2. The van der Waals surface area contributed by atoms with Gasteiger partial charge < -0.3 is 10.1 Å². The predicted octanol–water partition coefficient (Wildman–Crippen LogP) is 3.01. The Morgan fingerprint density at radius 1 is 1.53 bits per heavy atom. The van der Waals surface area contributed by atoms with Crippen LogP contribution in [-0.4, -0.2) is 18.6 Å². The number of methoxy groups -OCH3 is 1. The van der Waals surface area contributed by atoms with Gasteiger partial charge in [0, 0.05) is 12.0 Å². The van der Waals surface area contributed by atoms with Gasteiger partial charge in [0.25, 0.3) is 0 Å². The second-order valence-electron chi connectivity index (χ2n) is 5.04. The number of aryl methyl sites for hydroxylation is 1. The van der Waals surface area contributed by atoms with Crippen LogP contribution in [0.4, 0.5) is 0 Å². The van der Waals surface area contributed by atoms with E-state index in [1.807, 2.05) is 11.3 Å². The Morgan fingerprint density at radius 3 is 2.94 bits per heavy atom. The van der Waals surface area contributed by atoms with Crippen molar-refractivity contribution in [3.05, 3.63) is 15.6 Å². The van der Waals surface area contributed by atoms with Gasteiger partial charge in [0.05, 0.1) is 11.7 Å². The molecule has 1 aliphatic carbocycles. The molecule has 3 nitrogen and oxygen atoms in total. The number of hydrogen-bond acceptors (Lipinski definition) is 4. The number of hydrogen-bond donors (Lipinski definition) is 1. The molecule has 0 saturated carbocycles. The standard InChI is InChI=1S/C13H22N2OS/c1-5-14-9-7-6-8-10-11(9)15-12(17-10)13(2,3)16-4/h9,14H,5-8H2,1-4H3. The smallest absolute Gasteiger partial charge is 0.125 e. The number of fused-ring (bicyclic) bond motifs is 1. The van der Waals surface area contributed by atoms with E-state index in [2.05, 4.69) is 26.1 Å².